The summed E-state index contributed by atoms with van der Waals surface area (Å²) in [5.74, 6) is -1.11. The average Bonchev–Trinajstić information content (AvgIpc) is 2.28. The van der Waals surface area contributed by atoms with E-state index in [1.54, 1.807) is 0 Å². The second kappa shape index (κ2) is 6.53. The normalized spacial score (nSPS) is 11.9. The Morgan fingerprint density at radius 3 is 2.44 bits per heavy atom. The van der Waals surface area contributed by atoms with E-state index >= 15 is 0 Å². The zero-order valence-electron chi connectivity index (χ0n) is 9.18. The molecule has 0 bridgehead atoms. The molecule has 0 spiro atoms. The van der Waals surface area contributed by atoms with Crippen molar-refractivity contribution in [3.8, 4) is 5.75 Å². The van der Waals surface area contributed by atoms with Gasteiger partial charge in [-0.3, -0.25) is 9.59 Å². The zero-order valence-corrected chi connectivity index (χ0v) is 9.18. The molecule has 0 saturated heterocycles. The quantitative estimate of drug-likeness (QED) is 0.728. The van der Waals surface area contributed by atoms with Crippen LogP contribution in [0.5, 0.6) is 5.75 Å². The lowest BCUT2D eigenvalue weighted by Gasteiger charge is -2.14. The van der Waals surface area contributed by atoms with Crippen LogP contribution in [0.15, 0.2) is 24.3 Å². The monoisotopic (exact) mass is 259 g/mol. The molecule has 0 aliphatic heterocycles. The minimum Gasteiger partial charge on any atom is -0.481 e. The van der Waals surface area contributed by atoms with Crippen molar-refractivity contribution in [1.29, 1.82) is 0 Å². The summed E-state index contributed by atoms with van der Waals surface area (Å²) >= 11 is 0. The van der Waals surface area contributed by atoms with Crippen molar-refractivity contribution in [3.05, 3.63) is 29.8 Å². The third kappa shape index (κ3) is 4.36. The number of carbonyl (C=O) groups is 2. The molecule has 1 amide bonds. The van der Waals surface area contributed by atoms with Gasteiger partial charge < -0.3 is 15.2 Å². The van der Waals surface area contributed by atoms with Crippen molar-refractivity contribution < 1.29 is 28.2 Å². The summed E-state index contributed by atoms with van der Waals surface area (Å²) in [6.07, 6.45) is 0.0883. The Morgan fingerprint density at radius 2 is 2.00 bits per heavy atom. The van der Waals surface area contributed by atoms with Crippen LogP contribution in [-0.2, 0) is 9.59 Å². The number of amides is 1. The van der Waals surface area contributed by atoms with Crippen LogP contribution in [0.4, 0.5) is 8.78 Å². The van der Waals surface area contributed by atoms with E-state index in [0.717, 1.165) is 0 Å². The van der Waals surface area contributed by atoms with E-state index in [2.05, 4.69) is 10.1 Å². The molecule has 0 saturated carbocycles. The largest absolute Gasteiger partial charge is 0.481 e. The van der Waals surface area contributed by atoms with E-state index in [4.69, 9.17) is 5.11 Å². The molecule has 0 aromatic heterocycles. The molecule has 0 aliphatic rings. The highest BCUT2D eigenvalue weighted by molar-refractivity contribution is 5.68. The molecule has 0 radical (unpaired) electrons. The van der Waals surface area contributed by atoms with Crippen LogP contribution in [0.2, 0.25) is 0 Å². The fraction of sp³-hybridized carbons (Fsp3) is 0.273. The van der Waals surface area contributed by atoms with Gasteiger partial charge in [-0.05, 0) is 17.7 Å². The van der Waals surface area contributed by atoms with Crippen LogP contribution in [-0.4, -0.2) is 24.1 Å². The predicted octanol–water partition coefficient (Wildman–Crippen LogP) is 1.55. The summed E-state index contributed by atoms with van der Waals surface area (Å²) < 4.78 is 28.0. The average molecular weight is 259 g/mol. The Kier molecular flexibility index (Phi) is 5.04. The molecule has 1 aromatic carbocycles. The molecular weight excluding hydrogens is 248 g/mol. The number of rotatable bonds is 7. The highest BCUT2D eigenvalue weighted by Crippen LogP contribution is 2.21. The second-order valence-corrected chi connectivity index (χ2v) is 3.38. The number of carboxylic acids is 1. The van der Waals surface area contributed by atoms with Crippen molar-refractivity contribution in [3.63, 3.8) is 0 Å². The molecule has 1 aromatic rings. The Balaban J connectivity index is 2.79. The standard InChI is InChI=1S/C11H11F2NO4/c12-11(13)18-8-3-1-7(2-4-8)9(14-6-15)5-10(16)17/h1-4,6,9,11H,5H2,(H,14,15)(H,16,17)/t9-/m0/s1. The summed E-state index contributed by atoms with van der Waals surface area (Å²) in [5.41, 5.74) is 0.492. The summed E-state index contributed by atoms with van der Waals surface area (Å²) in [5, 5.41) is 11.0. The van der Waals surface area contributed by atoms with Gasteiger partial charge in [-0.1, -0.05) is 12.1 Å². The van der Waals surface area contributed by atoms with Gasteiger partial charge in [0, 0.05) is 0 Å². The first kappa shape index (κ1) is 13.9. The van der Waals surface area contributed by atoms with Gasteiger partial charge >= 0.3 is 12.6 Å². The molecule has 1 atom stereocenters. The van der Waals surface area contributed by atoms with Crippen molar-refractivity contribution in [2.24, 2.45) is 0 Å². The van der Waals surface area contributed by atoms with Gasteiger partial charge in [0.15, 0.2) is 0 Å². The summed E-state index contributed by atoms with van der Waals surface area (Å²) in [4.78, 5) is 20.9. The van der Waals surface area contributed by atoms with Gasteiger partial charge in [-0.2, -0.15) is 8.78 Å². The van der Waals surface area contributed by atoms with Gasteiger partial charge in [0.05, 0.1) is 12.5 Å². The number of benzene rings is 1. The van der Waals surface area contributed by atoms with Gasteiger partial charge in [-0.25, -0.2) is 0 Å². The molecule has 7 heteroatoms. The Bertz CT molecular complexity index is 408. The van der Waals surface area contributed by atoms with Crippen molar-refractivity contribution in [2.45, 2.75) is 19.1 Å². The van der Waals surface area contributed by atoms with E-state index in [9.17, 15) is 18.4 Å². The lowest BCUT2D eigenvalue weighted by molar-refractivity contribution is -0.137. The minimum atomic E-state index is -2.92. The van der Waals surface area contributed by atoms with Gasteiger partial charge in [0.2, 0.25) is 6.41 Å². The smallest absolute Gasteiger partial charge is 0.387 e. The Morgan fingerprint density at radius 1 is 1.39 bits per heavy atom. The first-order valence-electron chi connectivity index (χ1n) is 4.99. The van der Waals surface area contributed by atoms with Crippen LogP contribution in [0.1, 0.15) is 18.0 Å². The zero-order chi connectivity index (χ0) is 13.5. The molecular formula is C11H11F2NO4. The maximum Gasteiger partial charge on any atom is 0.387 e. The Labute approximate surface area is 101 Å². The van der Waals surface area contributed by atoms with Crippen LogP contribution in [0.3, 0.4) is 0 Å². The minimum absolute atomic E-state index is 0.0334. The van der Waals surface area contributed by atoms with Crippen LogP contribution < -0.4 is 10.1 Å². The number of carboxylic acid groups (broad SMARTS) is 1. The predicted molar refractivity (Wildman–Crippen MR) is 57.3 cm³/mol. The number of ether oxygens (including phenoxy) is 1. The maximum absolute atomic E-state index is 11.9. The SMILES string of the molecule is O=CN[C@@H](CC(=O)O)c1ccc(OC(F)F)cc1. The molecule has 98 valence electrons. The van der Waals surface area contributed by atoms with Crippen molar-refractivity contribution in [1.82, 2.24) is 5.32 Å². The summed E-state index contributed by atoms with van der Waals surface area (Å²) in [6, 6.07) is 4.69. The number of nitrogens with one attached hydrogen (secondary N) is 1. The summed E-state index contributed by atoms with van der Waals surface area (Å²) in [7, 11) is 0. The molecule has 2 N–H and O–H groups in total. The molecule has 0 heterocycles. The third-order valence-corrected chi connectivity index (χ3v) is 2.16. The molecule has 0 unspecified atom stereocenters. The molecule has 1 rings (SSSR count). The molecule has 5 nitrogen and oxygen atoms in total. The van der Waals surface area contributed by atoms with E-state index in [1.807, 2.05) is 0 Å². The number of carbonyl (C=O) groups excluding carboxylic acids is 1. The topological polar surface area (TPSA) is 75.6 Å². The number of aliphatic carboxylic acids is 1. The van der Waals surface area contributed by atoms with Crippen LogP contribution in [0, 0.1) is 0 Å². The number of hydrogen-bond acceptors (Lipinski definition) is 3. The lowest BCUT2D eigenvalue weighted by atomic mass is 10.0. The van der Waals surface area contributed by atoms with E-state index in [-0.39, 0.29) is 12.2 Å². The first-order valence-corrected chi connectivity index (χ1v) is 4.99. The number of hydrogen-bond donors (Lipinski definition) is 2. The fourth-order valence-electron chi connectivity index (χ4n) is 1.41. The fourth-order valence-corrected chi connectivity index (χ4v) is 1.41. The highest BCUT2D eigenvalue weighted by atomic mass is 19.3. The number of halogens is 2. The summed E-state index contributed by atoms with van der Waals surface area (Å²) in [6.45, 7) is -2.92. The number of alkyl halides is 2. The van der Waals surface area contributed by atoms with E-state index < -0.39 is 18.6 Å². The van der Waals surface area contributed by atoms with E-state index in [0.29, 0.717) is 12.0 Å². The van der Waals surface area contributed by atoms with Crippen LogP contribution >= 0.6 is 0 Å². The highest BCUT2D eigenvalue weighted by Gasteiger charge is 2.15. The molecule has 0 fully saturated rings. The molecule has 0 aliphatic carbocycles. The van der Waals surface area contributed by atoms with Gasteiger partial charge in [-0.15, -0.1) is 0 Å². The van der Waals surface area contributed by atoms with Gasteiger partial charge in [0.25, 0.3) is 0 Å². The van der Waals surface area contributed by atoms with Crippen molar-refractivity contribution >= 4 is 12.4 Å². The molecule has 18 heavy (non-hydrogen) atoms. The van der Waals surface area contributed by atoms with E-state index in [1.165, 1.54) is 24.3 Å². The van der Waals surface area contributed by atoms with Crippen molar-refractivity contribution in [2.75, 3.05) is 0 Å². The third-order valence-electron chi connectivity index (χ3n) is 2.16. The first-order chi connectivity index (χ1) is 8.52. The van der Waals surface area contributed by atoms with Gasteiger partial charge in [0.1, 0.15) is 5.75 Å². The lowest BCUT2D eigenvalue weighted by Crippen LogP contribution is -2.22. The van der Waals surface area contributed by atoms with Crippen LogP contribution in [0.25, 0.3) is 0 Å². The maximum atomic E-state index is 11.9. The Hall–Kier alpha value is -2.18. The second-order valence-electron chi connectivity index (χ2n) is 3.38.